The van der Waals surface area contributed by atoms with Gasteiger partial charge in [-0.1, -0.05) is 109 Å². The van der Waals surface area contributed by atoms with Crippen molar-refractivity contribution in [3.05, 3.63) is 172 Å². The molecule has 0 spiro atoms. The van der Waals surface area contributed by atoms with Crippen LogP contribution in [0.1, 0.15) is 42.1 Å². The average molecular weight is 795 g/mol. The largest absolute Gasteiger partial charge is 0.490 e. The number of aliphatic imine (C=N–C) groups is 1. The molecule has 8 nitrogen and oxygen atoms in total. The lowest BCUT2D eigenvalue weighted by atomic mass is 9.99. The zero-order valence-corrected chi connectivity index (χ0v) is 31.5. The molecule has 0 bridgehead atoms. The number of ether oxygens (including phenoxy) is 2. The number of carbonyl (C=O) groups excluding carboxylic acids is 3. The van der Waals surface area contributed by atoms with E-state index in [0.29, 0.717) is 33.8 Å². The van der Waals surface area contributed by atoms with Crippen molar-refractivity contribution in [2.45, 2.75) is 26.5 Å². The number of allylic oxidation sites excluding steroid dienone is 4. The van der Waals surface area contributed by atoms with Crippen LogP contribution in [-0.4, -0.2) is 40.1 Å². The van der Waals surface area contributed by atoms with Crippen LogP contribution < -0.4 is 14.8 Å². The Balaban J connectivity index is 1.42. The van der Waals surface area contributed by atoms with Crippen molar-refractivity contribution in [3.63, 3.8) is 0 Å². The second-order valence-corrected chi connectivity index (χ2v) is 13.3. The van der Waals surface area contributed by atoms with Crippen LogP contribution >= 0.6 is 27.7 Å². The molecule has 1 heterocycles. The highest BCUT2D eigenvalue weighted by atomic mass is 79.9. The second-order valence-electron chi connectivity index (χ2n) is 11.5. The lowest BCUT2D eigenvalue weighted by Gasteiger charge is -2.28. The lowest BCUT2D eigenvalue weighted by molar-refractivity contribution is -0.126. The van der Waals surface area contributed by atoms with E-state index in [0.717, 1.165) is 28.5 Å². The van der Waals surface area contributed by atoms with E-state index < -0.39 is 17.9 Å². The molecule has 4 aromatic carbocycles. The van der Waals surface area contributed by atoms with Gasteiger partial charge in [-0.2, -0.15) is 4.99 Å². The average Bonchev–Trinajstić information content (AvgIpc) is 3.16. The van der Waals surface area contributed by atoms with E-state index in [4.69, 9.17) is 9.47 Å². The quantitative estimate of drug-likeness (QED) is 0.0778. The summed E-state index contributed by atoms with van der Waals surface area (Å²) in [6, 6.07) is 28.1. The van der Waals surface area contributed by atoms with Crippen LogP contribution in [0.4, 0.5) is 4.39 Å². The first-order valence-electron chi connectivity index (χ1n) is 16.7. The third-order valence-corrected chi connectivity index (χ3v) is 9.38. The van der Waals surface area contributed by atoms with Crippen molar-refractivity contribution in [1.82, 2.24) is 10.2 Å². The molecule has 0 saturated heterocycles. The van der Waals surface area contributed by atoms with E-state index in [1.165, 1.54) is 23.1 Å². The van der Waals surface area contributed by atoms with Gasteiger partial charge in [-0.25, -0.2) is 4.39 Å². The molecule has 0 radical (unpaired) electrons. The van der Waals surface area contributed by atoms with Gasteiger partial charge in [0.25, 0.3) is 11.8 Å². The number of amides is 3. The van der Waals surface area contributed by atoms with Crippen LogP contribution in [0, 0.1) is 5.82 Å². The van der Waals surface area contributed by atoms with Crippen LogP contribution in [0.15, 0.2) is 149 Å². The van der Waals surface area contributed by atoms with Gasteiger partial charge in [0.1, 0.15) is 18.0 Å². The summed E-state index contributed by atoms with van der Waals surface area (Å²) in [5.41, 5.74) is 3.30. The van der Waals surface area contributed by atoms with Gasteiger partial charge in [-0.05, 0) is 88.4 Å². The summed E-state index contributed by atoms with van der Waals surface area (Å²) < 4.78 is 25.8. The number of carbonyl (C=O) groups is 3. The minimum Gasteiger partial charge on any atom is -0.490 e. The molecule has 5 rings (SSSR count). The highest BCUT2D eigenvalue weighted by Gasteiger charge is 2.35. The maximum absolute atomic E-state index is 14.2. The van der Waals surface area contributed by atoms with Crippen LogP contribution in [0.2, 0.25) is 0 Å². The number of halogens is 2. The predicted octanol–water partition coefficient (Wildman–Crippen LogP) is 8.96. The van der Waals surface area contributed by atoms with Gasteiger partial charge in [0.15, 0.2) is 16.7 Å². The van der Waals surface area contributed by atoms with Crippen LogP contribution in [0.25, 0.3) is 6.08 Å². The van der Waals surface area contributed by atoms with Crippen molar-refractivity contribution in [2.75, 3.05) is 12.4 Å². The Labute approximate surface area is 320 Å². The molecule has 1 N–H and O–H groups in total. The van der Waals surface area contributed by atoms with Gasteiger partial charge in [-0.15, -0.1) is 0 Å². The summed E-state index contributed by atoms with van der Waals surface area (Å²) in [5.74, 6) is -1.36. The highest BCUT2D eigenvalue weighted by molar-refractivity contribution is 9.10. The zero-order chi connectivity index (χ0) is 37.7. The van der Waals surface area contributed by atoms with Crippen molar-refractivity contribution in [2.24, 2.45) is 4.99 Å². The Morgan fingerprint density at radius 2 is 1.66 bits per heavy atom. The minimum absolute atomic E-state index is 0.0609. The van der Waals surface area contributed by atoms with Crippen molar-refractivity contribution >= 4 is 56.7 Å². The van der Waals surface area contributed by atoms with E-state index in [9.17, 15) is 18.8 Å². The summed E-state index contributed by atoms with van der Waals surface area (Å²) in [7, 11) is 0. The molecule has 4 aromatic rings. The number of nitrogens with one attached hydrogen (secondary N) is 1. The molecular weight excluding hydrogens is 757 g/mol. The number of hydrogen-bond donors (Lipinski definition) is 1. The normalized spacial score (nSPS) is 14.1. The number of hydrogen-bond acceptors (Lipinski definition) is 6. The summed E-state index contributed by atoms with van der Waals surface area (Å²) in [6.45, 7) is 7.78. The lowest BCUT2D eigenvalue weighted by Crippen LogP contribution is -2.42. The predicted molar refractivity (Wildman–Crippen MR) is 212 cm³/mol. The molecule has 0 unspecified atom stereocenters. The number of amidine groups is 1. The van der Waals surface area contributed by atoms with E-state index in [2.05, 4.69) is 32.8 Å². The van der Waals surface area contributed by atoms with Crippen molar-refractivity contribution < 1.29 is 28.2 Å². The second kappa shape index (κ2) is 18.8. The van der Waals surface area contributed by atoms with Gasteiger partial charge in [0, 0.05) is 5.70 Å². The molecule has 0 aromatic heterocycles. The fourth-order valence-electron chi connectivity index (χ4n) is 5.37. The Bertz CT molecular complexity index is 2040. The summed E-state index contributed by atoms with van der Waals surface area (Å²) in [4.78, 5) is 46.8. The van der Waals surface area contributed by atoms with Gasteiger partial charge < -0.3 is 14.8 Å². The number of rotatable bonds is 14. The molecule has 0 saturated carbocycles. The van der Waals surface area contributed by atoms with Crippen LogP contribution in [0.5, 0.6) is 11.5 Å². The number of nitrogens with zero attached hydrogens (tertiary/aromatic N) is 2. The molecule has 1 aliphatic heterocycles. The molecule has 3 amide bonds. The SMILES string of the molecule is C=C/C=C\C(=C/C)N1C(=O)/C(=C/c2cc(Br)c(OCc3ccc(F)cc3)c(OCC)c2)C(=O)N=C1SCC(=O)NC(c1ccccc1)c1ccccc1. The molecule has 11 heteroatoms. The summed E-state index contributed by atoms with van der Waals surface area (Å²) in [6.07, 6.45) is 8.06. The fourth-order valence-corrected chi connectivity index (χ4v) is 6.75. The van der Waals surface area contributed by atoms with Crippen molar-refractivity contribution in [1.29, 1.82) is 0 Å². The number of thioether (sulfide) groups is 1. The first-order valence-corrected chi connectivity index (χ1v) is 18.5. The maximum atomic E-state index is 14.2. The standard InChI is InChI=1S/C42H37BrFN3O5S/c1-4-7-18-33(5-2)47-41(50)34(23-29-24-35(43)39(36(25-29)51-6-3)52-26-28-19-21-32(44)22-20-28)40(49)46-42(47)53-27-37(48)45-38(30-14-10-8-11-15-30)31-16-12-9-13-17-31/h4-5,7-25,38H,1,6,26-27H2,2-3H3,(H,45,48)/b18-7-,33-5+,34-23+. The summed E-state index contributed by atoms with van der Waals surface area (Å²) >= 11 is 4.53. The Morgan fingerprint density at radius 1 is 1.00 bits per heavy atom. The van der Waals surface area contributed by atoms with Crippen LogP contribution in [0.3, 0.4) is 0 Å². The highest BCUT2D eigenvalue weighted by Crippen LogP contribution is 2.38. The van der Waals surface area contributed by atoms with E-state index in [1.54, 1.807) is 55.5 Å². The fraction of sp³-hybridized carbons (Fsp3) is 0.143. The third kappa shape index (κ3) is 10.1. The van der Waals surface area contributed by atoms with E-state index in [1.807, 2.05) is 67.6 Å². The van der Waals surface area contributed by atoms with E-state index >= 15 is 0 Å². The molecule has 0 fully saturated rings. The molecule has 0 aliphatic carbocycles. The minimum atomic E-state index is -0.755. The smallest absolute Gasteiger partial charge is 0.285 e. The first kappa shape index (κ1) is 38.7. The Morgan fingerprint density at radius 3 is 2.26 bits per heavy atom. The molecule has 270 valence electrons. The van der Waals surface area contributed by atoms with Gasteiger partial charge in [0.05, 0.1) is 22.9 Å². The first-order chi connectivity index (χ1) is 25.7. The molecule has 53 heavy (non-hydrogen) atoms. The monoisotopic (exact) mass is 793 g/mol. The molecular formula is C42H37BrFN3O5S. The van der Waals surface area contributed by atoms with E-state index in [-0.39, 0.29) is 34.8 Å². The molecule has 0 atom stereocenters. The number of benzene rings is 4. The van der Waals surface area contributed by atoms with Gasteiger partial charge >= 0.3 is 0 Å². The van der Waals surface area contributed by atoms with Gasteiger partial charge in [0.2, 0.25) is 5.91 Å². The Kier molecular flexibility index (Phi) is 13.7. The topological polar surface area (TPSA) is 97.3 Å². The zero-order valence-electron chi connectivity index (χ0n) is 29.1. The van der Waals surface area contributed by atoms with Crippen LogP contribution in [-0.2, 0) is 21.0 Å². The molecule has 1 aliphatic rings. The maximum Gasteiger partial charge on any atom is 0.285 e. The van der Waals surface area contributed by atoms with Crippen molar-refractivity contribution in [3.8, 4) is 11.5 Å². The Hall–Kier alpha value is -5.52. The van der Waals surface area contributed by atoms with Gasteiger partial charge in [-0.3, -0.25) is 19.3 Å². The third-order valence-electron chi connectivity index (χ3n) is 7.85. The summed E-state index contributed by atoms with van der Waals surface area (Å²) in [5, 5.41) is 3.15.